The Hall–Kier alpha value is -2.61. The highest BCUT2D eigenvalue weighted by Gasteiger charge is 2.15. The van der Waals surface area contributed by atoms with E-state index in [1.54, 1.807) is 24.6 Å². The maximum atomic E-state index is 12.4. The van der Waals surface area contributed by atoms with Gasteiger partial charge in [0.1, 0.15) is 5.75 Å². The van der Waals surface area contributed by atoms with Crippen LogP contribution in [0, 0.1) is 0 Å². The second-order valence-corrected chi connectivity index (χ2v) is 6.84. The second-order valence-electron chi connectivity index (χ2n) is 5.98. The molecule has 0 fully saturated rings. The van der Waals surface area contributed by atoms with Gasteiger partial charge in [0, 0.05) is 18.5 Å². The molecule has 0 unspecified atom stereocenters. The summed E-state index contributed by atoms with van der Waals surface area (Å²) in [4.78, 5) is 30.8. The quantitative estimate of drug-likeness (QED) is 0.678. The molecule has 0 saturated heterocycles. The minimum absolute atomic E-state index is 0.0639. The van der Waals surface area contributed by atoms with Crippen LogP contribution in [-0.4, -0.2) is 42.0 Å². The first kappa shape index (κ1) is 20.7. The Balaban J connectivity index is 1.93. The Morgan fingerprint density at radius 1 is 1.15 bits per heavy atom. The lowest BCUT2D eigenvalue weighted by atomic mass is 10.2. The van der Waals surface area contributed by atoms with Crippen molar-refractivity contribution in [2.24, 2.45) is 0 Å². The number of carbonyl (C=O) groups is 2. The number of para-hydroxylation sites is 2. The van der Waals surface area contributed by atoms with Gasteiger partial charge in [0.25, 0.3) is 0 Å². The molecular weight excluding hydrogens is 364 g/mol. The van der Waals surface area contributed by atoms with Crippen molar-refractivity contribution < 1.29 is 14.3 Å². The molecule has 0 spiro atoms. The smallest absolute Gasteiger partial charge is 0.325 e. The molecule has 27 heavy (non-hydrogen) atoms. The van der Waals surface area contributed by atoms with Gasteiger partial charge >= 0.3 is 6.03 Å². The van der Waals surface area contributed by atoms with E-state index < -0.39 is 6.03 Å². The lowest BCUT2D eigenvalue weighted by Gasteiger charge is -2.20. The van der Waals surface area contributed by atoms with E-state index in [1.807, 2.05) is 17.0 Å². The molecule has 0 aliphatic rings. The minimum Gasteiger partial charge on any atom is -0.495 e. The molecule has 0 aliphatic heterocycles. The molecule has 2 N–H and O–H groups in total. The molecule has 2 rings (SSSR count). The summed E-state index contributed by atoms with van der Waals surface area (Å²) in [5.41, 5.74) is 1.23. The zero-order valence-electron chi connectivity index (χ0n) is 15.9. The number of rotatable bonds is 9. The Labute approximate surface area is 163 Å². The number of ether oxygens (including phenoxy) is 1. The Morgan fingerprint density at radius 2 is 1.85 bits per heavy atom. The van der Waals surface area contributed by atoms with Gasteiger partial charge in [0.05, 0.1) is 24.9 Å². The van der Waals surface area contributed by atoms with Gasteiger partial charge in [-0.05, 0) is 25.0 Å². The first-order valence-corrected chi connectivity index (χ1v) is 9.88. The molecule has 2 aromatic rings. The Bertz CT molecular complexity index is 757. The lowest BCUT2D eigenvalue weighted by Crippen LogP contribution is -2.33. The van der Waals surface area contributed by atoms with Crippen LogP contribution in [0.1, 0.15) is 32.4 Å². The number of hydrogen-bond acceptors (Lipinski definition) is 5. The standard InChI is InChI=1S/C19H26N4O3S/c1-4-10-23(11-5-2)17(24)12-14-13-27-19(20-14)22-18(25)21-15-8-6-7-9-16(15)26-3/h6-9,13H,4-5,10-12H2,1-3H3,(H2,20,21,22,25). The topological polar surface area (TPSA) is 83.6 Å². The largest absolute Gasteiger partial charge is 0.495 e. The number of anilines is 2. The molecule has 7 nitrogen and oxygen atoms in total. The SMILES string of the molecule is CCCN(CCC)C(=O)Cc1csc(NC(=O)Nc2ccccc2OC)n1. The van der Waals surface area contributed by atoms with Crippen LogP contribution in [0.2, 0.25) is 0 Å². The van der Waals surface area contributed by atoms with Crippen molar-refractivity contribution >= 4 is 34.1 Å². The molecule has 1 heterocycles. The maximum absolute atomic E-state index is 12.4. The lowest BCUT2D eigenvalue weighted by molar-refractivity contribution is -0.130. The van der Waals surface area contributed by atoms with E-state index in [4.69, 9.17) is 4.74 Å². The van der Waals surface area contributed by atoms with Gasteiger partial charge in [-0.15, -0.1) is 11.3 Å². The third-order valence-electron chi connectivity index (χ3n) is 3.80. The van der Waals surface area contributed by atoms with Crippen LogP contribution >= 0.6 is 11.3 Å². The highest BCUT2D eigenvalue weighted by molar-refractivity contribution is 7.14. The van der Waals surface area contributed by atoms with Crippen LogP contribution < -0.4 is 15.4 Å². The number of carbonyl (C=O) groups excluding carboxylic acids is 2. The number of nitrogens with zero attached hydrogens (tertiary/aromatic N) is 2. The molecule has 0 aliphatic carbocycles. The molecule has 0 radical (unpaired) electrons. The van der Waals surface area contributed by atoms with E-state index in [-0.39, 0.29) is 12.3 Å². The van der Waals surface area contributed by atoms with Crippen molar-refractivity contribution in [3.05, 3.63) is 35.3 Å². The minimum atomic E-state index is -0.412. The van der Waals surface area contributed by atoms with E-state index in [2.05, 4.69) is 29.5 Å². The number of thiazole rings is 1. The summed E-state index contributed by atoms with van der Waals surface area (Å²) in [5, 5.41) is 7.67. The predicted octanol–water partition coefficient (Wildman–Crippen LogP) is 3.99. The van der Waals surface area contributed by atoms with Crippen LogP contribution in [0.4, 0.5) is 15.6 Å². The number of amides is 3. The zero-order chi connectivity index (χ0) is 19.6. The molecule has 3 amide bonds. The summed E-state index contributed by atoms with van der Waals surface area (Å²) in [6.45, 7) is 5.62. The number of benzene rings is 1. The molecule has 146 valence electrons. The number of nitrogens with one attached hydrogen (secondary N) is 2. The van der Waals surface area contributed by atoms with E-state index in [1.165, 1.54) is 11.3 Å². The summed E-state index contributed by atoms with van der Waals surface area (Å²) in [7, 11) is 1.54. The molecule has 0 bridgehead atoms. The summed E-state index contributed by atoms with van der Waals surface area (Å²) in [6.07, 6.45) is 2.10. The zero-order valence-corrected chi connectivity index (χ0v) is 16.8. The Morgan fingerprint density at radius 3 is 2.52 bits per heavy atom. The first-order chi connectivity index (χ1) is 13.1. The fraction of sp³-hybridized carbons (Fsp3) is 0.421. The summed E-state index contributed by atoms with van der Waals surface area (Å²) in [5.74, 6) is 0.638. The number of urea groups is 1. The molecule has 1 aromatic heterocycles. The average Bonchev–Trinajstić information content (AvgIpc) is 3.08. The van der Waals surface area contributed by atoms with Gasteiger partial charge in [-0.25, -0.2) is 9.78 Å². The van der Waals surface area contributed by atoms with E-state index >= 15 is 0 Å². The predicted molar refractivity (Wildman–Crippen MR) is 109 cm³/mol. The van der Waals surface area contributed by atoms with Crippen LogP contribution in [0.5, 0.6) is 5.75 Å². The second kappa shape index (κ2) is 10.5. The number of aromatic nitrogens is 1. The van der Waals surface area contributed by atoms with Crippen molar-refractivity contribution in [2.45, 2.75) is 33.1 Å². The van der Waals surface area contributed by atoms with Gasteiger partial charge in [-0.1, -0.05) is 26.0 Å². The maximum Gasteiger partial charge on any atom is 0.325 e. The molecule has 1 aromatic carbocycles. The van der Waals surface area contributed by atoms with Crippen LogP contribution in [-0.2, 0) is 11.2 Å². The van der Waals surface area contributed by atoms with E-state index in [9.17, 15) is 9.59 Å². The van der Waals surface area contributed by atoms with Crippen molar-refractivity contribution in [3.8, 4) is 5.75 Å². The van der Waals surface area contributed by atoms with Gasteiger partial charge in [0.15, 0.2) is 5.13 Å². The van der Waals surface area contributed by atoms with Crippen molar-refractivity contribution in [1.82, 2.24) is 9.88 Å². The molecular formula is C19H26N4O3S. The van der Waals surface area contributed by atoms with Gasteiger partial charge < -0.3 is 15.0 Å². The van der Waals surface area contributed by atoms with Gasteiger partial charge in [-0.3, -0.25) is 10.1 Å². The van der Waals surface area contributed by atoms with Crippen molar-refractivity contribution in [1.29, 1.82) is 0 Å². The third kappa shape index (κ3) is 6.25. The van der Waals surface area contributed by atoms with Crippen LogP contribution in [0.25, 0.3) is 0 Å². The van der Waals surface area contributed by atoms with Gasteiger partial charge in [-0.2, -0.15) is 0 Å². The average molecular weight is 391 g/mol. The third-order valence-corrected chi connectivity index (χ3v) is 4.61. The van der Waals surface area contributed by atoms with Crippen LogP contribution in [0.3, 0.4) is 0 Å². The van der Waals surface area contributed by atoms with E-state index in [0.29, 0.717) is 22.3 Å². The fourth-order valence-electron chi connectivity index (χ4n) is 2.61. The summed E-state index contributed by atoms with van der Waals surface area (Å²) >= 11 is 1.29. The van der Waals surface area contributed by atoms with Gasteiger partial charge in [0.2, 0.25) is 5.91 Å². The monoisotopic (exact) mass is 390 g/mol. The molecule has 0 saturated carbocycles. The van der Waals surface area contributed by atoms with Crippen molar-refractivity contribution in [2.75, 3.05) is 30.8 Å². The van der Waals surface area contributed by atoms with Crippen LogP contribution in [0.15, 0.2) is 29.6 Å². The Kier molecular flexibility index (Phi) is 8.06. The highest BCUT2D eigenvalue weighted by atomic mass is 32.1. The van der Waals surface area contributed by atoms with Crippen molar-refractivity contribution in [3.63, 3.8) is 0 Å². The first-order valence-electron chi connectivity index (χ1n) is 9.00. The fourth-order valence-corrected chi connectivity index (χ4v) is 3.32. The number of methoxy groups -OCH3 is 1. The highest BCUT2D eigenvalue weighted by Crippen LogP contribution is 2.23. The molecule has 0 atom stereocenters. The number of hydrogen-bond donors (Lipinski definition) is 2. The molecule has 8 heteroatoms. The normalized spacial score (nSPS) is 10.3. The summed E-state index contributed by atoms with van der Waals surface area (Å²) < 4.78 is 5.21. The van der Waals surface area contributed by atoms with E-state index in [0.717, 1.165) is 25.9 Å². The summed E-state index contributed by atoms with van der Waals surface area (Å²) in [6, 6.07) is 6.74.